The zero-order valence-electron chi connectivity index (χ0n) is 15.1. The van der Waals surface area contributed by atoms with Crippen LogP contribution in [0.25, 0.3) is 0 Å². The average molecular weight is 336 g/mol. The first-order valence-electron chi connectivity index (χ1n) is 8.91. The number of carbonyl (C=O) groups is 1. The van der Waals surface area contributed by atoms with Gasteiger partial charge in [0, 0.05) is 19.3 Å². The molecule has 1 aromatic rings. The lowest BCUT2D eigenvalue weighted by Crippen LogP contribution is -3.13. The van der Waals surface area contributed by atoms with E-state index in [1.54, 1.807) is 12.0 Å². The summed E-state index contributed by atoms with van der Waals surface area (Å²) in [5.74, 6) is 1.67. The largest absolute Gasteiger partial charge is 0.493 e. The summed E-state index contributed by atoms with van der Waals surface area (Å²) in [5.41, 5.74) is 1.16. The maximum atomic E-state index is 11.7. The normalized spacial score (nSPS) is 20.5. The first kappa shape index (κ1) is 18.6. The lowest BCUT2D eigenvalue weighted by molar-refractivity contribution is -0.906. The van der Waals surface area contributed by atoms with Crippen molar-refractivity contribution in [2.24, 2.45) is 5.92 Å². The zero-order chi connectivity index (χ0) is 17.4. The number of rotatable bonds is 8. The summed E-state index contributed by atoms with van der Waals surface area (Å²) in [6.45, 7) is 8.21. The highest BCUT2D eigenvalue weighted by atomic mass is 16.5. The predicted molar refractivity (Wildman–Crippen MR) is 92.8 cm³/mol. The van der Waals surface area contributed by atoms with Gasteiger partial charge in [-0.15, -0.1) is 0 Å². The molecule has 5 heteroatoms. The molecule has 0 aliphatic carbocycles. The van der Waals surface area contributed by atoms with Crippen molar-refractivity contribution in [1.82, 2.24) is 0 Å². The maximum Gasteiger partial charge on any atom is 0.309 e. The molecule has 0 unspecified atom stereocenters. The monoisotopic (exact) mass is 336 g/mol. The summed E-state index contributed by atoms with van der Waals surface area (Å²) in [4.78, 5) is 13.3. The van der Waals surface area contributed by atoms with Crippen LogP contribution in [0.3, 0.4) is 0 Å². The van der Waals surface area contributed by atoms with Crippen molar-refractivity contribution in [3.8, 4) is 11.5 Å². The summed E-state index contributed by atoms with van der Waals surface area (Å²) in [5, 5.41) is 0. The van der Waals surface area contributed by atoms with Gasteiger partial charge >= 0.3 is 5.97 Å². The molecule has 1 saturated heterocycles. The Kier molecular flexibility index (Phi) is 7.37. The van der Waals surface area contributed by atoms with Crippen LogP contribution in [0.4, 0.5) is 0 Å². The number of quaternary nitrogens is 1. The fraction of sp³-hybridized carbons (Fsp3) is 0.632. The van der Waals surface area contributed by atoms with E-state index in [1.165, 1.54) is 0 Å². The van der Waals surface area contributed by atoms with Gasteiger partial charge in [0.15, 0.2) is 11.5 Å². The van der Waals surface area contributed by atoms with Crippen LogP contribution >= 0.6 is 0 Å². The number of benzene rings is 1. The van der Waals surface area contributed by atoms with Crippen LogP contribution in [0.15, 0.2) is 18.2 Å². The van der Waals surface area contributed by atoms with Crippen LogP contribution in [0.5, 0.6) is 11.5 Å². The Morgan fingerprint density at radius 3 is 2.67 bits per heavy atom. The molecule has 1 aromatic carbocycles. The number of methoxy groups -OCH3 is 1. The Bertz CT molecular complexity index is 524. The van der Waals surface area contributed by atoms with E-state index in [-0.39, 0.29) is 11.9 Å². The lowest BCUT2D eigenvalue weighted by Gasteiger charge is -2.28. The minimum Gasteiger partial charge on any atom is -0.493 e. The topological polar surface area (TPSA) is 49.2 Å². The zero-order valence-corrected chi connectivity index (χ0v) is 15.1. The number of esters is 1. The molecule has 1 N–H and O–H groups in total. The Hall–Kier alpha value is -1.75. The molecule has 0 bridgehead atoms. The summed E-state index contributed by atoms with van der Waals surface area (Å²) < 4.78 is 16.3. The molecule has 0 saturated carbocycles. The Morgan fingerprint density at radius 2 is 2.00 bits per heavy atom. The van der Waals surface area contributed by atoms with E-state index < -0.39 is 0 Å². The Morgan fingerprint density at radius 1 is 1.25 bits per heavy atom. The number of ether oxygens (including phenoxy) is 3. The van der Waals surface area contributed by atoms with Crippen molar-refractivity contribution in [3.05, 3.63) is 23.8 Å². The number of hydrogen-bond acceptors (Lipinski definition) is 4. The second-order valence-electron chi connectivity index (χ2n) is 6.38. The smallest absolute Gasteiger partial charge is 0.309 e. The van der Waals surface area contributed by atoms with Gasteiger partial charge in [-0.25, -0.2) is 0 Å². The SMILES string of the molecule is CCOC(=O)C1CC[NH+](CCCOc2ccc(C)cc2OC)CC1. The van der Waals surface area contributed by atoms with Gasteiger partial charge in [0.1, 0.15) is 0 Å². The highest BCUT2D eigenvalue weighted by Gasteiger charge is 2.27. The van der Waals surface area contributed by atoms with Gasteiger partial charge in [-0.1, -0.05) is 6.07 Å². The summed E-state index contributed by atoms with van der Waals surface area (Å²) in [6, 6.07) is 5.98. The van der Waals surface area contributed by atoms with Crippen LogP contribution in [0, 0.1) is 12.8 Å². The highest BCUT2D eigenvalue weighted by molar-refractivity contribution is 5.72. The van der Waals surface area contributed by atoms with Gasteiger partial charge in [-0.3, -0.25) is 4.79 Å². The molecule has 1 aliphatic rings. The highest BCUT2D eigenvalue weighted by Crippen LogP contribution is 2.27. The van der Waals surface area contributed by atoms with Crippen LogP contribution in [0.2, 0.25) is 0 Å². The minimum atomic E-state index is -0.0219. The molecule has 0 amide bonds. The van der Waals surface area contributed by atoms with Gasteiger partial charge in [-0.05, 0) is 31.5 Å². The second kappa shape index (κ2) is 9.52. The van der Waals surface area contributed by atoms with E-state index in [0.29, 0.717) is 13.2 Å². The van der Waals surface area contributed by atoms with Gasteiger partial charge in [0.25, 0.3) is 0 Å². The third kappa shape index (κ3) is 5.41. The first-order valence-corrected chi connectivity index (χ1v) is 8.91. The molecule has 0 radical (unpaired) electrons. The van der Waals surface area contributed by atoms with Crippen molar-refractivity contribution >= 4 is 5.97 Å². The Labute approximate surface area is 144 Å². The Balaban J connectivity index is 1.66. The van der Waals surface area contributed by atoms with Gasteiger partial charge in [0.05, 0.1) is 45.9 Å². The standard InChI is InChI=1S/C19H29NO4/c1-4-23-19(21)16-8-11-20(12-9-16)10-5-13-24-17-7-6-15(2)14-18(17)22-3/h6-7,14,16H,4-5,8-13H2,1-3H3/p+1. The van der Waals surface area contributed by atoms with Crippen LogP contribution in [-0.4, -0.2) is 45.9 Å². The van der Waals surface area contributed by atoms with E-state index in [2.05, 4.69) is 0 Å². The fourth-order valence-electron chi connectivity index (χ4n) is 3.17. The summed E-state index contributed by atoms with van der Waals surface area (Å²) in [7, 11) is 1.67. The summed E-state index contributed by atoms with van der Waals surface area (Å²) >= 11 is 0. The molecule has 0 aromatic heterocycles. The number of likely N-dealkylation sites (tertiary alicyclic amines) is 1. The fourth-order valence-corrected chi connectivity index (χ4v) is 3.17. The molecule has 1 fully saturated rings. The predicted octanol–water partition coefficient (Wildman–Crippen LogP) is 1.63. The molecular weight excluding hydrogens is 306 g/mol. The number of aryl methyl sites for hydroxylation is 1. The molecule has 1 aliphatic heterocycles. The third-order valence-electron chi connectivity index (χ3n) is 4.56. The van der Waals surface area contributed by atoms with Crippen LogP contribution in [-0.2, 0) is 9.53 Å². The molecular formula is C19H30NO4+. The number of hydrogen-bond donors (Lipinski definition) is 1. The molecule has 5 nitrogen and oxygen atoms in total. The van der Waals surface area contributed by atoms with Crippen LogP contribution in [0.1, 0.15) is 31.7 Å². The number of nitrogens with one attached hydrogen (secondary N) is 1. The molecule has 0 atom stereocenters. The lowest BCUT2D eigenvalue weighted by atomic mass is 9.97. The van der Waals surface area contributed by atoms with E-state index in [9.17, 15) is 4.79 Å². The van der Waals surface area contributed by atoms with Crippen molar-refractivity contribution in [1.29, 1.82) is 0 Å². The first-order chi connectivity index (χ1) is 11.6. The van der Waals surface area contributed by atoms with Gasteiger partial charge < -0.3 is 19.1 Å². The quantitative estimate of drug-likeness (QED) is 0.579. The molecule has 1 heterocycles. The van der Waals surface area contributed by atoms with Crippen molar-refractivity contribution in [2.45, 2.75) is 33.1 Å². The van der Waals surface area contributed by atoms with Crippen molar-refractivity contribution in [3.63, 3.8) is 0 Å². The van der Waals surface area contributed by atoms with E-state index >= 15 is 0 Å². The number of piperidine rings is 1. The average Bonchev–Trinajstić information content (AvgIpc) is 2.60. The second-order valence-corrected chi connectivity index (χ2v) is 6.38. The summed E-state index contributed by atoms with van der Waals surface area (Å²) in [6.07, 6.45) is 2.86. The molecule has 24 heavy (non-hydrogen) atoms. The maximum absolute atomic E-state index is 11.7. The molecule has 134 valence electrons. The van der Waals surface area contributed by atoms with Gasteiger partial charge in [0.2, 0.25) is 0 Å². The third-order valence-corrected chi connectivity index (χ3v) is 4.56. The van der Waals surface area contributed by atoms with E-state index in [0.717, 1.165) is 56.0 Å². The van der Waals surface area contributed by atoms with Gasteiger partial charge in [-0.2, -0.15) is 0 Å². The van der Waals surface area contributed by atoms with E-state index in [1.807, 2.05) is 32.0 Å². The molecule has 2 rings (SSSR count). The van der Waals surface area contributed by atoms with Crippen molar-refractivity contribution in [2.75, 3.05) is 40.0 Å². The minimum absolute atomic E-state index is 0.0219. The van der Waals surface area contributed by atoms with Crippen molar-refractivity contribution < 1.29 is 23.9 Å². The number of carbonyl (C=O) groups excluding carboxylic acids is 1. The molecule has 0 spiro atoms. The van der Waals surface area contributed by atoms with E-state index in [4.69, 9.17) is 14.2 Å². The van der Waals surface area contributed by atoms with Crippen LogP contribution < -0.4 is 14.4 Å².